The predicted molar refractivity (Wildman–Crippen MR) is 346 cm³/mol. The minimum Gasteiger partial charge on any atom is -0.0616 e. The summed E-state index contributed by atoms with van der Waals surface area (Å²) in [6.07, 6.45) is 0. The first kappa shape index (κ1) is 26.3. The van der Waals surface area contributed by atoms with Crippen molar-refractivity contribution in [1.29, 1.82) is 0 Å². The van der Waals surface area contributed by atoms with Crippen LogP contribution in [0.2, 0.25) is 0 Å². The highest BCUT2D eigenvalue weighted by Crippen LogP contribution is 2.47. The lowest BCUT2D eigenvalue weighted by atomic mass is 9.84. The normalized spacial score (nSPS) is 16.4. The zero-order valence-corrected chi connectivity index (χ0v) is 41.9. The molecule has 16 aromatic rings. The molecule has 372 valence electrons. The number of hydrogen-bond acceptors (Lipinski definition) is 0. The minimum atomic E-state index is -0.688. The highest BCUT2D eigenvalue weighted by molar-refractivity contribution is 6.25. The first-order valence-electron chi connectivity index (χ1n) is 39.4. The largest absolute Gasteiger partial charge is 0.0629 e. The Labute approximate surface area is 505 Å². The van der Waals surface area contributed by atoms with Gasteiger partial charge in [0.1, 0.15) is 0 Å². The zero-order chi connectivity index (χ0) is 77.3. The molecule has 0 atom stereocenters. The van der Waals surface area contributed by atoms with Gasteiger partial charge in [-0.05, 0) is 165 Å². The average molecular weight is 1040 g/mol. The molecule has 0 N–H and O–H groups in total. The molecule has 0 heterocycles. The smallest absolute Gasteiger partial charge is 0.0616 e. The lowest BCUT2D eigenvalue weighted by Gasteiger charge is -2.19. The number of rotatable bonds is 6. The summed E-state index contributed by atoms with van der Waals surface area (Å²) in [7, 11) is 0. The van der Waals surface area contributed by atoms with Crippen molar-refractivity contribution >= 4 is 86.2 Å². The molecule has 0 saturated heterocycles. The third-order valence-corrected chi connectivity index (χ3v) is 14.5. The van der Waals surface area contributed by atoms with E-state index in [1.807, 2.05) is 109 Å². The van der Waals surface area contributed by atoms with E-state index < -0.39 is 169 Å². The lowest BCUT2D eigenvalue weighted by molar-refractivity contribution is 1.63. The summed E-state index contributed by atoms with van der Waals surface area (Å²) in [6, 6.07) is 28.4. The number of hydrogen-bond donors (Lipinski definition) is 0. The summed E-state index contributed by atoms with van der Waals surface area (Å²) in [5.41, 5.74) is 3.76. The van der Waals surface area contributed by atoms with Crippen molar-refractivity contribution in [2.24, 2.45) is 0 Å². The average Bonchev–Trinajstić information content (AvgIpc) is 0.697. The van der Waals surface area contributed by atoms with E-state index in [1.54, 1.807) is 24.3 Å². The molecule has 0 amide bonds. The van der Waals surface area contributed by atoms with E-state index in [0.29, 0.717) is 11.1 Å². The molecule has 16 aromatic carbocycles. The van der Waals surface area contributed by atoms with Crippen LogP contribution in [0.4, 0.5) is 0 Å². The maximum absolute atomic E-state index is 9.24. The number of fused-ring (bicyclic) bond motifs is 8. The quantitative estimate of drug-likeness (QED) is 0.146. The summed E-state index contributed by atoms with van der Waals surface area (Å²) in [5.74, 6) is 0. The molecule has 0 aliphatic carbocycles. The van der Waals surface area contributed by atoms with Crippen molar-refractivity contribution in [3.05, 3.63) is 315 Å². The van der Waals surface area contributed by atoms with Crippen molar-refractivity contribution in [3.8, 4) is 66.8 Å². The van der Waals surface area contributed by atoms with Crippen LogP contribution in [0, 0.1) is 0 Å². The summed E-state index contributed by atoms with van der Waals surface area (Å²) in [6.45, 7) is 0. The fourth-order valence-electron chi connectivity index (χ4n) is 10.9. The van der Waals surface area contributed by atoms with Gasteiger partial charge in [0.2, 0.25) is 0 Å². The molecule has 0 fully saturated rings. The maximum Gasteiger partial charge on any atom is 0.0629 e. The molecule has 0 saturated carbocycles. The van der Waals surface area contributed by atoms with E-state index in [9.17, 15) is 8.22 Å². The van der Waals surface area contributed by atoms with Crippen LogP contribution in [-0.2, 0) is 0 Å². The van der Waals surface area contributed by atoms with Crippen molar-refractivity contribution in [1.82, 2.24) is 0 Å². The molecule has 16 rings (SSSR count). The van der Waals surface area contributed by atoms with Gasteiger partial charge < -0.3 is 0 Å². The van der Waals surface area contributed by atoms with Gasteiger partial charge in [0, 0.05) is 0 Å². The van der Waals surface area contributed by atoms with Crippen LogP contribution < -0.4 is 0 Å². The third kappa shape index (κ3) is 8.17. The van der Waals surface area contributed by atoms with Crippen LogP contribution in [-0.4, -0.2) is 0 Å². The molecule has 0 nitrogen and oxygen atoms in total. The molecular weight excluding hydrogens is 961 g/mol. The van der Waals surface area contributed by atoms with Crippen molar-refractivity contribution < 1.29 is 38.4 Å². The SMILES string of the molecule is [2H]c1cc2c(-c3c([2H])c([2H])c([2H])c4c([2H])c([2H])c([2H])c([2H])c34)c3c([2H])c([2H])c([2H])c([2H])c3c(-c3ccc(-c4ccc5ccccc5c4)cc3)c2c([2H])c1[2H].[2H]c1cc2c(-c3c([2H])c([2H])c([2H])c4c([2H])c([2H])c([2H])c([2H])c34)c3c([2H])c([2H])c([2H])c([2H])c3c(-c3ccc(-c4ccc5ccccc5c4)cc3)c2c([2H])c1[2H]. The summed E-state index contributed by atoms with van der Waals surface area (Å²) >= 11 is 0. The second-order valence-electron chi connectivity index (χ2n) is 18.9. The van der Waals surface area contributed by atoms with Crippen molar-refractivity contribution in [2.45, 2.75) is 0 Å². The molecule has 0 bridgehead atoms. The van der Waals surface area contributed by atoms with E-state index in [1.165, 1.54) is 12.1 Å². The van der Waals surface area contributed by atoms with E-state index in [4.69, 9.17) is 30.2 Å². The fourth-order valence-corrected chi connectivity index (χ4v) is 10.9. The Hall–Kier alpha value is -10.4. The lowest BCUT2D eigenvalue weighted by Crippen LogP contribution is -1.91. The molecule has 80 heavy (non-hydrogen) atoms. The summed E-state index contributed by atoms with van der Waals surface area (Å²) in [4.78, 5) is 0. The van der Waals surface area contributed by atoms with Crippen LogP contribution in [0.25, 0.3) is 153 Å². The molecule has 0 unspecified atom stereocenters. The molecule has 0 heteroatoms. The van der Waals surface area contributed by atoms with Gasteiger partial charge in [-0.2, -0.15) is 0 Å². The van der Waals surface area contributed by atoms with Gasteiger partial charge in [0.15, 0.2) is 0 Å². The van der Waals surface area contributed by atoms with E-state index in [2.05, 4.69) is 0 Å². The van der Waals surface area contributed by atoms with Gasteiger partial charge in [0.05, 0.1) is 38.4 Å². The summed E-state index contributed by atoms with van der Waals surface area (Å²) < 4.78 is 247. The Morgan fingerprint density at radius 1 is 0.175 bits per heavy atom. The first-order valence-corrected chi connectivity index (χ1v) is 25.4. The van der Waals surface area contributed by atoms with Crippen LogP contribution >= 0.6 is 0 Å². The van der Waals surface area contributed by atoms with Crippen LogP contribution in [0.3, 0.4) is 0 Å². The molecular formula is C80H52. The Kier molecular flexibility index (Phi) is 6.53. The standard InChI is InChI=1S/2C40H26/c2*1-2-12-31-26-32(25-22-27(31)10-1)28-20-23-30(24-21-28)39-35-15-5-7-17-37(35)40(38-18-8-6-16-36(38)39)34-19-9-13-29-11-3-4-14-33(29)34/h2*1-26H/i2*3D,4D,5D,6D,7D,8D,9D,11D,13D,14D,15D,16D,17D,19D. The Balaban J connectivity index is 0.000000172. The van der Waals surface area contributed by atoms with Gasteiger partial charge in [-0.15, -0.1) is 0 Å². The van der Waals surface area contributed by atoms with Gasteiger partial charge in [0.25, 0.3) is 0 Å². The van der Waals surface area contributed by atoms with Gasteiger partial charge in [-0.1, -0.05) is 303 Å². The highest BCUT2D eigenvalue weighted by atomic mass is 14.2. The second kappa shape index (κ2) is 19.9. The number of benzene rings is 16. The van der Waals surface area contributed by atoms with E-state index in [-0.39, 0.29) is 98.0 Å². The minimum absolute atomic E-state index is 0.00600. The molecule has 0 aliphatic rings. The zero-order valence-electron chi connectivity index (χ0n) is 69.9. The molecule has 0 aromatic heterocycles. The van der Waals surface area contributed by atoms with E-state index >= 15 is 0 Å². The Morgan fingerprint density at radius 2 is 0.475 bits per heavy atom. The first-order chi connectivity index (χ1) is 51.3. The van der Waals surface area contributed by atoms with Gasteiger partial charge in [-0.3, -0.25) is 0 Å². The van der Waals surface area contributed by atoms with Gasteiger partial charge in [-0.25, -0.2) is 0 Å². The molecule has 0 radical (unpaired) electrons. The van der Waals surface area contributed by atoms with Crippen LogP contribution in [0.5, 0.6) is 0 Å². The Bertz CT molecular complexity index is 6330. The maximum atomic E-state index is 9.24. The van der Waals surface area contributed by atoms with Crippen molar-refractivity contribution in [2.75, 3.05) is 0 Å². The summed E-state index contributed by atoms with van der Waals surface area (Å²) in [5, 5.41) is 2.40. The van der Waals surface area contributed by atoms with Crippen LogP contribution in [0.15, 0.2) is 315 Å². The predicted octanol–water partition coefficient (Wildman–Crippen LogP) is 22.6. The molecule has 0 aliphatic heterocycles. The monoisotopic (exact) mass is 1040 g/mol. The van der Waals surface area contributed by atoms with Gasteiger partial charge >= 0.3 is 0 Å². The highest BCUT2D eigenvalue weighted by Gasteiger charge is 2.20. The van der Waals surface area contributed by atoms with Crippen LogP contribution in [0.1, 0.15) is 38.4 Å². The Morgan fingerprint density at radius 3 is 0.887 bits per heavy atom. The topological polar surface area (TPSA) is 0 Å². The second-order valence-corrected chi connectivity index (χ2v) is 18.9. The fraction of sp³-hybridized carbons (Fsp3) is 0. The molecule has 0 spiro atoms. The van der Waals surface area contributed by atoms with E-state index in [0.717, 1.165) is 43.8 Å². The van der Waals surface area contributed by atoms with Crippen molar-refractivity contribution in [3.63, 3.8) is 0 Å². The third-order valence-electron chi connectivity index (χ3n) is 14.5.